The second kappa shape index (κ2) is 9.90. The maximum Gasteiger partial charge on any atom is 0.296 e. The number of rotatable bonds is 6. The van der Waals surface area contributed by atoms with E-state index < -0.39 is 20.2 Å². The van der Waals surface area contributed by atoms with Gasteiger partial charge in [-0.15, -0.1) is 10.2 Å². The predicted octanol–water partition coefficient (Wildman–Crippen LogP) is 7.09. The number of hydrogen-bond donors (Lipinski definition) is 2. The Balaban J connectivity index is 1.71. The molecular weight excluding hydrogens is 516 g/mol. The number of fused-ring (bicyclic) bond motifs is 1. The van der Waals surface area contributed by atoms with Gasteiger partial charge in [0, 0.05) is 10.8 Å². The highest BCUT2D eigenvalue weighted by Gasteiger charge is 2.17. The van der Waals surface area contributed by atoms with Crippen LogP contribution < -0.4 is 0 Å². The molecule has 12 heteroatoms. The van der Waals surface area contributed by atoms with Gasteiger partial charge in [0.25, 0.3) is 20.2 Å². The average Bonchev–Trinajstić information content (AvgIpc) is 2.83. The van der Waals surface area contributed by atoms with Crippen molar-refractivity contribution in [1.29, 1.82) is 0 Å². The van der Waals surface area contributed by atoms with Crippen molar-refractivity contribution >= 4 is 53.8 Å². The Morgan fingerprint density at radius 3 is 1.65 bits per heavy atom. The topological polar surface area (TPSA) is 158 Å². The van der Waals surface area contributed by atoms with Crippen molar-refractivity contribution in [2.45, 2.75) is 30.6 Å². The van der Waals surface area contributed by atoms with Crippen LogP contribution in [0.3, 0.4) is 0 Å². The fraction of sp³-hybridized carbons (Fsp3) is 0.120. The highest BCUT2D eigenvalue weighted by Crippen LogP contribution is 2.36. The summed E-state index contributed by atoms with van der Waals surface area (Å²) in [6, 6.07) is 17.2. The molecule has 2 N–H and O–H groups in total. The van der Waals surface area contributed by atoms with E-state index in [1.165, 1.54) is 30.3 Å². The molecule has 0 spiro atoms. The van der Waals surface area contributed by atoms with Gasteiger partial charge in [0.2, 0.25) is 0 Å². The fourth-order valence-corrected chi connectivity index (χ4v) is 5.21. The number of hydrogen-bond acceptors (Lipinski definition) is 8. The zero-order valence-corrected chi connectivity index (χ0v) is 21.6. The van der Waals surface area contributed by atoms with Crippen molar-refractivity contribution in [3.8, 4) is 0 Å². The summed E-state index contributed by atoms with van der Waals surface area (Å²) in [6.07, 6.45) is 0. The Morgan fingerprint density at radius 1 is 0.541 bits per heavy atom. The lowest BCUT2D eigenvalue weighted by Gasteiger charge is -2.09. The molecule has 0 unspecified atom stereocenters. The number of nitrogens with zero attached hydrogens (tertiary/aromatic N) is 4. The van der Waals surface area contributed by atoms with Crippen LogP contribution >= 0.6 is 0 Å². The molecule has 4 aromatic carbocycles. The molecule has 0 heterocycles. The molecule has 0 amide bonds. The quantitative estimate of drug-likeness (QED) is 0.197. The minimum absolute atomic E-state index is 0.00123. The van der Waals surface area contributed by atoms with E-state index in [1.807, 2.05) is 0 Å². The molecule has 0 aromatic heterocycles. The summed E-state index contributed by atoms with van der Waals surface area (Å²) >= 11 is 0. The molecule has 0 atom stereocenters. The molecule has 4 aromatic rings. The summed E-state index contributed by atoms with van der Waals surface area (Å²) < 4.78 is 65.9. The maximum atomic E-state index is 11.9. The van der Waals surface area contributed by atoms with Gasteiger partial charge in [-0.3, -0.25) is 9.11 Å². The molecule has 10 nitrogen and oxygen atoms in total. The van der Waals surface area contributed by atoms with Gasteiger partial charge in [-0.25, -0.2) is 0 Å². The highest BCUT2D eigenvalue weighted by molar-refractivity contribution is 7.86. The van der Waals surface area contributed by atoms with Crippen molar-refractivity contribution in [3.05, 3.63) is 83.4 Å². The van der Waals surface area contributed by atoms with Crippen molar-refractivity contribution in [1.82, 2.24) is 0 Å². The van der Waals surface area contributed by atoms with Gasteiger partial charge >= 0.3 is 0 Å². The van der Waals surface area contributed by atoms with Crippen molar-refractivity contribution in [2.75, 3.05) is 0 Å². The second-order valence-electron chi connectivity index (χ2n) is 8.32. The Morgan fingerprint density at radius 2 is 1.05 bits per heavy atom. The lowest BCUT2D eigenvalue weighted by Crippen LogP contribution is -2.00. The third-order valence-electron chi connectivity index (χ3n) is 5.65. The molecule has 0 aliphatic carbocycles. The Labute approximate surface area is 213 Å². The third kappa shape index (κ3) is 5.62. The van der Waals surface area contributed by atoms with Crippen molar-refractivity contribution < 1.29 is 25.9 Å². The van der Waals surface area contributed by atoms with E-state index in [9.17, 15) is 25.9 Å². The first-order valence-corrected chi connectivity index (χ1v) is 13.8. The van der Waals surface area contributed by atoms with Crippen molar-refractivity contribution in [2.24, 2.45) is 20.5 Å². The van der Waals surface area contributed by atoms with Gasteiger partial charge < -0.3 is 0 Å². The molecule has 0 saturated carbocycles. The average molecular weight is 539 g/mol. The van der Waals surface area contributed by atoms with Crippen LogP contribution in [0.2, 0.25) is 0 Å². The van der Waals surface area contributed by atoms with Crippen LogP contribution in [0.15, 0.2) is 97.0 Å². The lowest BCUT2D eigenvalue weighted by atomic mass is 10.0. The Hall–Kier alpha value is -3.84. The number of azo groups is 2. The first-order valence-electron chi connectivity index (χ1n) is 10.9. The normalized spacial score (nSPS) is 12.7. The molecule has 190 valence electrons. The summed E-state index contributed by atoms with van der Waals surface area (Å²) in [7, 11) is -8.88. The van der Waals surface area contributed by atoms with Gasteiger partial charge in [-0.2, -0.15) is 27.1 Å². The lowest BCUT2D eigenvalue weighted by molar-refractivity contribution is 0.481. The van der Waals surface area contributed by atoms with E-state index in [0.717, 1.165) is 0 Å². The minimum atomic E-state index is -4.45. The summed E-state index contributed by atoms with van der Waals surface area (Å²) in [4.78, 5) is -0.544. The molecule has 0 bridgehead atoms. The van der Waals surface area contributed by atoms with Crippen LogP contribution in [0.25, 0.3) is 10.8 Å². The van der Waals surface area contributed by atoms with Crippen LogP contribution in [0.4, 0.5) is 22.7 Å². The van der Waals surface area contributed by atoms with E-state index in [2.05, 4.69) is 20.5 Å². The highest BCUT2D eigenvalue weighted by atomic mass is 32.2. The van der Waals surface area contributed by atoms with Gasteiger partial charge in [-0.1, -0.05) is 30.3 Å². The summed E-state index contributed by atoms with van der Waals surface area (Å²) in [5, 5.41) is 17.7. The molecule has 0 aliphatic heterocycles. The Bertz CT molecular complexity index is 1810. The smallest absolute Gasteiger partial charge is 0.282 e. The van der Waals surface area contributed by atoms with E-state index in [-0.39, 0.29) is 15.5 Å². The summed E-state index contributed by atoms with van der Waals surface area (Å²) in [5.74, 6) is 0. The van der Waals surface area contributed by atoms with E-state index in [1.54, 1.807) is 57.2 Å². The summed E-state index contributed by atoms with van der Waals surface area (Å²) in [5.41, 5.74) is 3.50. The van der Waals surface area contributed by atoms with Gasteiger partial charge in [0.1, 0.15) is 15.5 Å². The SMILES string of the molecule is Cc1cc(N=Nc2ccc(C)c3c(S(=O)(=O)O)cccc23)c(C)cc1N=Nc1ccccc1S(=O)(=O)O. The van der Waals surface area contributed by atoms with E-state index in [4.69, 9.17) is 0 Å². The molecule has 37 heavy (non-hydrogen) atoms. The number of benzene rings is 4. The Kier molecular flexibility index (Phi) is 7.02. The van der Waals surface area contributed by atoms with Crippen LogP contribution in [-0.2, 0) is 20.2 Å². The molecular formula is C25H22N4O6S2. The number of aryl methyl sites for hydroxylation is 3. The molecule has 0 saturated heterocycles. The monoisotopic (exact) mass is 538 g/mol. The first-order chi connectivity index (χ1) is 17.4. The van der Waals surface area contributed by atoms with Crippen LogP contribution in [0, 0.1) is 20.8 Å². The molecule has 4 rings (SSSR count). The first kappa shape index (κ1) is 26.2. The van der Waals surface area contributed by atoms with E-state index in [0.29, 0.717) is 44.5 Å². The maximum absolute atomic E-state index is 11.9. The fourth-order valence-electron chi connectivity index (χ4n) is 3.81. The van der Waals surface area contributed by atoms with E-state index >= 15 is 0 Å². The van der Waals surface area contributed by atoms with Crippen LogP contribution in [0.1, 0.15) is 16.7 Å². The third-order valence-corrected chi connectivity index (χ3v) is 7.45. The standard InChI is InChI=1S/C25H22N4O6S2/c1-15-11-12-19(18-7-6-10-24(25(15)18)37(33,34)35)26-28-21-13-17(3)22(14-16(21)2)29-27-20-8-4-5-9-23(20)36(30,31)32/h4-14H,1-3H3,(H,30,31,32)(H,33,34,35). The van der Waals surface area contributed by atoms with Crippen LogP contribution in [-0.4, -0.2) is 25.9 Å². The minimum Gasteiger partial charge on any atom is -0.282 e. The second-order valence-corrected chi connectivity index (χ2v) is 11.1. The van der Waals surface area contributed by atoms with Gasteiger partial charge in [0.15, 0.2) is 0 Å². The van der Waals surface area contributed by atoms with Gasteiger partial charge in [-0.05, 0) is 73.9 Å². The molecule has 0 fully saturated rings. The zero-order chi connectivity index (χ0) is 27.0. The predicted molar refractivity (Wildman–Crippen MR) is 139 cm³/mol. The van der Waals surface area contributed by atoms with Crippen LogP contribution in [0.5, 0.6) is 0 Å². The molecule has 0 aliphatic rings. The summed E-state index contributed by atoms with van der Waals surface area (Å²) in [6.45, 7) is 5.32. The van der Waals surface area contributed by atoms with Gasteiger partial charge in [0.05, 0.1) is 17.1 Å². The molecule has 0 radical (unpaired) electrons. The van der Waals surface area contributed by atoms with Crippen molar-refractivity contribution in [3.63, 3.8) is 0 Å². The zero-order valence-electron chi connectivity index (χ0n) is 20.0. The largest absolute Gasteiger partial charge is 0.296 e.